The van der Waals surface area contributed by atoms with E-state index in [-0.39, 0.29) is 6.04 Å². The highest BCUT2D eigenvalue weighted by Gasteiger charge is 2.47. The molecule has 0 aromatic rings. The second kappa shape index (κ2) is 3.56. The zero-order valence-electron chi connectivity index (χ0n) is 8.38. The van der Waals surface area contributed by atoms with Crippen LogP contribution in [0.2, 0.25) is 0 Å². The molecule has 0 radical (unpaired) electrons. The third-order valence-electron chi connectivity index (χ3n) is 3.69. The van der Waals surface area contributed by atoms with Crippen molar-refractivity contribution in [2.45, 2.75) is 38.3 Å². The van der Waals surface area contributed by atoms with Crippen molar-refractivity contribution in [2.24, 2.45) is 11.1 Å². The fourth-order valence-electron chi connectivity index (χ4n) is 2.64. The second-order valence-electron chi connectivity index (χ2n) is 4.40. The average molecular weight is 184 g/mol. The van der Waals surface area contributed by atoms with E-state index in [0.29, 0.717) is 11.5 Å². The third kappa shape index (κ3) is 1.49. The molecular weight excluding hydrogens is 164 g/mol. The van der Waals surface area contributed by atoms with E-state index < -0.39 is 0 Å². The summed E-state index contributed by atoms with van der Waals surface area (Å²) in [6.07, 6.45) is 3.73. The monoisotopic (exact) mass is 184 g/mol. The van der Waals surface area contributed by atoms with Crippen LogP contribution in [0.25, 0.3) is 0 Å². The molecule has 3 N–H and O–H groups in total. The van der Waals surface area contributed by atoms with Gasteiger partial charge in [0, 0.05) is 11.5 Å². The number of hydrogen-bond donors (Lipinski definition) is 2. The van der Waals surface area contributed by atoms with E-state index in [1.807, 2.05) is 0 Å². The van der Waals surface area contributed by atoms with Crippen molar-refractivity contribution in [3.05, 3.63) is 0 Å². The molecule has 2 fully saturated rings. The van der Waals surface area contributed by atoms with Crippen LogP contribution in [-0.4, -0.2) is 31.8 Å². The zero-order valence-corrected chi connectivity index (χ0v) is 8.38. The van der Waals surface area contributed by atoms with Gasteiger partial charge in [-0.3, -0.25) is 0 Å². The maximum absolute atomic E-state index is 6.25. The lowest BCUT2D eigenvalue weighted by molar-refractivity contribution is 0.0843. The molecule has 2 saturated heterocycles. The maximum atomic E-state index is 6.25. The van der Waals surface area contributed by atoms with Crippen molar-refractivity contribution in [3.8, 4) is 0 Å². The number of ether oxygens (including phenoxy) is 1. The predicted octanol–water partition coefficient (Wildman–Crippen LogP) is 0.492. The Morgan fingerprint density at radius 1 is 1.46 bits per heavy atom. The number of piperidine rings is 1. The minimum absolute atomic E-state index is 0.264. The molecular formula is C10H20N2O. The summed E-state index contributed by atoms with van der Waals surface area (Å²) in [4.78, 5) is 0. The summed E-state index contributed by atoms with van der Waals surface area (Å²) in [6, 6.07) is 0.264. The molecule has 76 valence electrons. The van der Waals surface area contributed by atoms with Crippen LogP contribution in [0.3, 0.4) is 0 Å². The molecule has 13 heavy (non-hydrogen) atoms. The fraction of sp³-hybridized carbons (Fsp3) is 1.00. The van der Waals surface area contributed by atoms with Gasteiger partial charge in [0.1, 0.15) is 0 Å². The highest BCUT2D eigenvalue weighted by atomic mass is 16.5. The van der Waals surface area contributed by atoms with Gasteiger partial charge in [0.05, 0.1) is 12.7 Å². The molecule has 2 rings (SSSR count). The number of rotatable bonds is 1. The van der Waals surface area contributed by atoms with Gasteiger partial charge < -0.3 is 15.8 Å². The topological polar surface area (TPSA) is 47.3 Å². The van der Waals surface area contributed by atoms with Gasteiger partial charge in [-0.15, -0.1) is 0 Å². The highest BCUT2D eigenvalue weighted by Crippen LogP contribution is 2.40. The van der Waals surface area contributed by atoms with Crippen LogP contribution in [0.1, 0.15) is 26.2 Å². The van der Waals surface area contributed by atoms with Crippen molar-refractivity contribution in [3.63, 3.8) is 0 Å². The van der Waals surface area contributed by atoms with Crippen LogP contribution in [0.4, 0.5) is 0 Å². The van der Waals surface area contributed by atoms with Crippen molar-refractivity contribution in [2.75, 3.05) is 19.7 Å². The van der Waals surface area contributed by atoms with Gasteiger partial charge in [-0.2, -0.15) is 0 Å². The summed E-state index contributed by atoms with van der Waals surface area (Å²) in [5.74, 6) is 0. The van der Waals surface area contributed by atoms with E-state index in [4.69, 9.17) is 10.5 Å². The first-order valence-electron chi connectivity index (χ1n) is 5.36. The minimum atomic E-state index is 0.264. The largest absolute Gasteiger partial charge is 0.376 e. The van der Waals surface area contributed by atoms with Crippen molar-refractivity contribution < 1.29 is 4.74 Å². The first-order chi connectivity index (χ1) is 6.28. The fourth-order valence-corrected chi connectivity index (χ4v) is 2.64. The van der Waals surface area contributed by atoms with E-state index >= 15 is 0 Å². The molecule has 3 nitrogen and oxygen atoms in total. The Morgan fingerprint density at radius 2 is 2.15 bits per heavy atom. The van der Waals surface area contributed by atoms with Gasteiger partial charge in [-0.05, 0) is 32.4 Å². The van der Waals surface area contributed by atoms with Gasteiger partial charge in [0.2, 0.25) is 0 Å². The maximum Gasteiger partial charge on any atom is 0.0729 e. The SMILES string of the molecule is CCC1OCC2(CCNCC2)[C@@H]1N. The second-order valence-corrected chi connectivity index (χ2v) is 4.40. The van der Waals surface area contributed by atoms with Crippen LogP contribution >= 0.6 is 0 Å². The average Bonchev–Trinajstić information content (AvgIpc) is 2.47. The van der Waals surface area contributed by atoms with E-state index in [2.05, 4.69) is 12.2 Å². The molecule has 3 heteroatoms. The van der Waals surface area contributed by atoms with Gasteiger partial charge >= 0.3 is 0 Å². The summed E-state index contributed by atoms with van der Waals surface area (Å²) >= 11 is 0. The lowest BCUT2D eigenvalue weighted by atomic mass is 9.73. The first kappa shape index (κ1) is 9.44. The van der Waals surface area contributed by atoms with E-state index in [0.717, 1.165) is 26.1 Å². The van der Waals surface area contributed by atoms with Crippen LogP contribution in [0.15, 0.2) is 0 Å². The van der Waals surface area contributed by atoms with Gasteiger partial charge in [-0.1, -0.05) is 6.92 Å². The molecule has 0 aliphatic carbocycles. The Bertz CT molecular complexity index is 178. The number of hydrogen-bond acceptors (Lipinski definition) is 3. The lowest BCUT2D eigenvalue weighted by Crippen LogP contribution is -2.49. The molecule has 0 aromatic carbocycles. The summed E-state index contributed by atoms with van der Waals surface area (Å²) in [7, 11) is 0. The van der Waals surface area contributed by atoms with E-state index in [9.17, 15) is 0 Å². The summed E-state index contributed by atoms with van der Waals surface area (Å²) < 4.78 is 5.75. The molecule has 2 aliphatic heterocycles. The van der Waals surface area contributed by atoms with Crippen molar-refractivity contribution in [1.29, 1.82) is 0 Å². The Labute approximate surface area is 80.0 Å². The number of nitrogens with one attached hydrogen (secondary N) is 1. The Balaban J connectivity index is 2.06. The molecule has 2 heterocycles. The molecule has 0 amide bonds. The molecule has 2 atom stereocenters. The van der Waals surface area contributed by atoms with Crippen molar-refractivity contribution in [1.82, 2.24) is 5.32 Å². The summed E-state index contributed by atoms with van der Waals surface area (Å²) in [6.45, 7) is 5.25. The molecule has 0 bridgehead atoms. The molecule has 0 aromatic heterocycles. The quantitative estimate of drug-likeness (QED) is 0.623. The van der Waals surface area contributed by atoms with Crippen molar-refractivity contribution >= 4 is 0 Å². The third-order valence-corrected chi connectivity index (χ3v) is 3.69. The normalized spacial score (nSPS) is 38.3. The van der Waals surface area contributed by atoms with E-state index in [1.165, 1.54) is 12.8 Å². The Morgan fingerprint density at radius 3 is 2.69 bits per heavy atom. The highest BCUT2D eigenvalue weighted by molar-refractivity contribution is 5.00. The standard InChI is InChI=1S/C10H20N2O/c1-2-8-9(11)10(7-13-8)3-5-12-6-4-10/h8-9,12H,2-7,11H2,1H3/t8?,9-/m1/s1. The summed E-state index contributed by atoms with van der Waals surface area (Å²) in [5, 5.41) is 3.38. The molecule has 0 saturated carbocycles. The summed E-state index contributed by atoms with van der Waals surface area (Å²) in [5.41, 5.74) is 6.54. The molecule has 1 unspecified atom stereocenters. The number of nitrogens with two attached hydrogens (primary N) is 1. The van der Waals surface area contributed by atoms with Crippen LogP contribution in [-0.2, 0) is 4.74 Å². The first-order valence-corrected chi connectivity index (χ1v) is 5.36. The van der Waals surface area contributed by atoms with Gasteiger partial charge in [-0.25, -0.2) is 0 Å². The van der Waals surface area contributed by atoms with Crippen LogP contribution < -0.4 is 11.1 Å². The van der Waals surface area contributed by atoms with Crippen LogP contribution in [0, 0.1) is 5.41 Å². The van der Waals surface area contributed by atoms with Crippen LogP contribution in [0.5, 0.6) is 0 Å². The molecule has 1 spiro atoms. The Hall–Kier alpha value is -0.120. The van der Waals surface area contributed by atoms with E-state index in [1.54, 1.807) is 0 Å². The Kier molecular flexibility index (Phi) is 2.58. The smallest absolute Gasteiger partial charge is 0.0729 e. The lowest BCUT2D eigenvalue weighted by Gasteiger charge is -2.36. The van der Waals surface area contributed by atoms with Gasteiger partial charge in [0.25, 0.3) is 0 Å². The molecule has 2 aliphatic rings. The van der Waals surface area contributed by atoms with Gasteiger partial charge in [0.15, 0.2) is 0 Å². The predicted molar refractivity (Wildman–Crippen MR) is 52.5 cm³/mol. The zero-order chi connectivity index (χ0) is 9.31. The minimum Gasteiger partial charge on any atom is -0.376 e.